The molecule has 4 nitrogen and oxygen atoms in total. The Morgan fingerprint density at radius 3 is 2.72 bits per heavy atom. The smallest absolute Gasteiger partial charge is 0.254 e. The first-order valence-corrected chi connectivity index (χ1v) is 9.61. The predicted molar refractivity (Wildman–Crippen MR) is 101 cm³/mol. The van der Waals surface area contributed by atoms with Gasteiger partial charge in [-0.25, -0.2) is 4.98 Å². The molecule has 4 rings (SSSR count). The number of halogens is 1. The number of amides is 1. The maximum Gasteiger partial charge on any atom is 0.254 e. The molecule has 0 radical (unpaired) electrons. The zero-order chi connectivity index (χ0) is 17.2. The lowest BCUT2D eigenvalue weighted by Gasteiger charge is -2.31. The lowest BCUT2D eigenvalue weighted by atomic mass is 10.2. The molecule has 1 aromatic heterocycles. The van der Waals surface area contributed by atoms with Crippen LogP contribution in [0.4, 0.5) is 0 Å². The van der Waals surface area contributed by atoms with Crippen LogP contribution < -0.4 is 4.90 Å². The molecule has 1 aliphatic rings. The zero-order valence-corrected chi connectivity index (χ0v) is 15.3. The third kappa shape index (κ3) is 3.68. The highest BCUT2D eigenvalue weighted by molar-refractivity contribution is 7.18. The average Bonchev–Trinajstić information content (AvgIpc) is 3.04. The van der Waals surface area contributed by atoms with Crippen LogP contribution in [0.2, 0.25) is 5.02 Å². The maximum atomic E-state index is 12.6. The molecule has 128 valence electrons. The van der Waals surface area contributed by atoms with Gasteiger partial charge in [0.15, 0.2) is 0 Å². The van der Waals surface area contributed by atoms with E-state index < -0.39 is 0 Å². The van der Waals surface area contributed by atoms with Gasteiger partial charge in [0, 0.05) is 10.6 Å². The molecule has 2 heterocycles. The van der Waals surface area contributed by atoms with Gasteiger partial charge in [0.2, 0.25) is 0 Å². The third-order valence-corrected chi connectivity index (χ3v) is 5.84. The van der Waals surface area contributed by atoms with E-state index in [2.05, 4.69) is 18.2 Å². The number of piperazine rings is 1. The number of nitrogens with one attached hydrogen (secondary N) is 1. The minimum absolute atomic E-state index is 0.0709. The van der Waals surface area contributed by atoms with E-state index in [1.54, 1.807) is 23.5 Å². The molecule has 25 heavy (non-hydrogen) atoms. The number of rotatable bonds is 3. The summed E-state index contributed by atoms with van der Waals surface area (Å²) in [5, 5.41) is 1.77. The first-order valence-electron chi connectivity index (χ1n) is 8.42. The Bertz CT molecular complexity index is 869. The van der Waals surface area contributed by atoms with Crippen molar-refractivity contribution in [1.82, 2.24) is 9.88 Å². The summed E-state index contributed by atoms with van der Waals surface area (Å²) in [6.07, 6.45) is 0. The number of carbonyl (C=O) groups is 1. The monoisotopic (exact) mass is 372 g/mol. The number of quaternary nitrogens is 1. The van der Waals surface area contributed by atoms with Gasteiger partial charge in [0.25, 0.3) is 5.91 Å². The van der Waals surface area contributed by atoms with Gasteiger partial charge in [-0.2, -0.15) is 0 Å². The van der Waals surface area contributed by atoms with Gasteiger partial charge in [0.1, 0.15) is 11.6 Å². The lowest BCUT2D eigenvalue weighted by Crippen LogP contribution is -3.13. The minimum atomic E-state index is 0.0709. The highest BCUT2D eigenvalue weighted by Gasteiger charge is 2.25. The van der Waals surface area contributed by atoms with Crippen LogP contribution >= 0.6 is 22.9 Å². The fraction of sp³-hybridized carbons (Fsp3) is 0.263. The molecule has 1 fully saturated rings. The van der Waals surface area contributed by atoms with Crippen molar-refractivity contribution in [1.29, 1.82) is 0 Å². The molecule has 3 aromatic rings. The Hall–Kier alpha value is -1.95. The van der Waals surface area contributed by atoms with Gasteiger partial charge in [-0.05, 0) is 30.3 Å². The van der Waals surface area contributed by atoms with Crippen molar-refractivity contribution in [3.8, 4) is 0 Å². The topological polar surface area (TPSA) is 37.6 Å². The van der Waals surface area contributed by atoms with Crippen LogP contribution in [0.5, 0.6) is 0 Å². The Balaban J connectivity index is 1.37. The summed E-state index contributed by atoms with van der Waals surface area (Å²) in [4.78, 5) is 20.7. The van der Waals surface area contributed by atoms with Gasteiger partial charge in [-0.15, -0.1) is 11.3 Å². The number of nitrogens with zero attached hydrogens (tertiary/aromatic N) is 2. The van der Waals surface area contributed by atoms with Crippen molar-refractivity contribution in [2.75, 3.05) is 26.2 Å². The normalized spacial score (nSPS) is 15.6. The Kier molecular flexibility index (Phi) is 4.70. The van der Waals surface area contributed by atoms with Crippen LogP contribution in [-0.2, 0) is 6.54 Å². The van der Waals surface area contributed by atoms with Crippen LogP contribution in [0.15, 0.2) is 48.5 Å². The number of fused-ring (bicyclic) bond motifs is 1. The lowest BCUT2D eigenvalue weighted by molar-refractivity contribution is -0.917. The van der Waals surface area contributed by atoms with E-state index in [9.17, 15) is 4.79 Å². The first kappa shape index (κ1) is 16.5. The summed E-state index contributed by atoms with van der Waals surface area (Å²) in [5.41, 5.74) is 1.75. The summed E-state index contributed by atoms with van der Waals surface area (Å²) in [5.74, 6) is 0.0709. The molecule has 0 unspecified atom stereocenters. The van der Waals surface area contributed by atoms with Crippen molar-refractivity contribution in [3.05, 3.63) is 64.1 Å². The van der Waals surface area contributed by atoms with Gasteiger partial charge in [-0.1, -0.05) is 29.8 Å². The molecule has 1 amide bonds. The Morgan fingerprint density at radius 2 is 1.96 bits per heavy atom. The largest absolute Gasteiger partial charge is 0.327 e. The third-order valence-electron chi connectivity index (χ3n) is 4.57. The molecule has 1 aliphatic heterocycles. The fourth-order valence-electron chi connectivity index (χ4n) is 3.22. The quantitative estimate of drug-likeness (QED) is 0.767. The second kappa shape index (κ2) is 7.12. The summed E-state index contributed by atoms with van der Waals surface area (Å²) < 4.78 is 1.24. The van der Waals surface area contributed by atoms with Crippen molar-refractivity contribution in [3.63, 3.8) is 0 Å². The molecule has 0 aliphatic carbocycles. The second-order valence-electron chi connectivity index (χ2n) is 6.30. The molecule has 1 N–H and O–H groups in total. The second-order valence-corrected chi connectivity index (χ2v) is 7.86. The summed E-state index contributed by atoms with van der Waals surface area (Å²) in [6.45, 7) is 4.36. The van der Waals surface area contributed by atoms with E-state index in [1.807, 2.05) is 23.1 Å². The highest BCUT2D eigenvalue weighted by atomic mass is 35.5. The SMILES string of the molecule is O=C(c1cccc(Cl)c1)N1CC[NH+](Cc2nc3ccccc3s2)CC1. The number of carbonyl (C=O) groups excluding carboxylic acids is 1. The number of para-hydroxylation sites is 1. The van der Waals surface area contributed by atoms with E-state index in [0.717, 1.165) is 38.2 Å². The van der Waals surface area contributed by atoms with Crippen LogP contribution in [0.25, 0.3) is 10.2 Å². The molecular formula is C19H19ClN3OS+. The zero-order valence-electron chi connectivity index (χ0n) is 13.7. The number of hydrogen-bond acceptors (Lipinski definition) is 3. The van der Waals surface area contributed by atoms with Gasteiger partial charge >= 0.3 is 0 Å². The van der Waals surface area contributed by atoms with E-state index in [0.29, 0.717) is 10.6 Å². The maximum absolute atomic E-state index is 12.6. The van der Waals surface area contributed by atoms with Crippen molar-refractivity contribution < 1.29 is 9.69 Å². The van der Waals surface area contributed by atoms with E-state index in [-0.39, 0.29) is 5.91 Å². The van der Waals surface area contributed by atoms with Gasteiger partial charge in [0.05, 0.1) is 36.4 Å². The average molecular weight is 373 g/mol. The molecule has 0 spiro atoms. The predicted octanol–water partition coefficient (Wildman–Crippen LogP) is 2.49. The Morgan fingerprint density at radius 1 is 1.16 bits per heavy atom. The van der Waals surface area contributed by atoms with Crippen LogP contribution in [0.1, 0.15) is 15.4 Å². The van der Waals surface area contributed by atoms with E-state index in [1.165, 1.54) is 14.6 Å². The van der Waals surface area contributed by atoms with Crippen molar-refractivity contribution in [2.45, 2.75) is 6.54 Å². The molecule has 1 saturated heterocycles. The minimum Gasteiger partial charge on any atom is -0.327 e. The number of aromatic nitrogens is 1. The molecular weight excluding hydrogens is 354 g/mol. The van der Waals surface area contributed by atoms with Crippen LogP contribution in [0, 0.1) is 0 Å². The number of benzene rings is 2. The van der Waals surface area contributed by atoms with Crippen molar-refractivity contribution in [2.24, 2.45) is 0 Å². The van der Waals surface area contributed by atoms with Crippen LogP contribution in [0.3, 0.4) is 0 Å². The summed E-state index contributed by atoms with van der Waals surface area (Å²) in [7, 11) is 0. The molecule has 0 saturated carbocycles. The Labute approximate surface area is 155 Å². The summed E-state index contributed by atoms with van der Waals surface area (Å²) >= 11 is 7.76. The number of thiazole rings is 1. The summed E-state index contributed by atoms with van der Waals surface area (Å²) in [6, 6.07) is 15.4. The van der Waals surface area contributed by atoms with Crippen LogP contribution in [-0.4, -0.2) is 42.0 Å². The first-order chi connectivity index (χ1) is 12.2. The molecule has 6 heteroatoms. The van der Waals surface area contributed by atoms with Gasteiger partial charge in [-0.3, -0.25) is 4.79 Å². The van der Waals surface area contributed by atoms with E-state index >= 15 is 0 Å². The standard InChI is InChI=1S/C19H18ClN3OS/c20-15-5-3-4-14(12-15)19(24)23-10-8-22(9-11-23)13-18-21-16-6-1-2-7-17(16)25-18/h1-7,12H,8-11,13H2/p+1. The molecule has 0 bridgehead atoms. The molecule has 0 atom stereocenters. The molecule has 2 aromatic carbocycles. The van der Waals surface area contributed by atoms with E-state index in [4.69, 9.17) is 16.6 Å². The van der Waals surface area contributed by atoms with Gasteiger partial charge < -0.3 is 9.80 Å². The van der Waals surface area contributed by atoms with Crippen molar-refractivity contribution >= 4 is 39.1 Å². The fourth-order valence-corrected chi connectivity index (χ4v) is 4.45. The number of hydrogen-bond donors (Lipinski definition) is 1. The highest BCUT2D eigenvalue weighted by Crippen LogP contribution is 2.20.